The minimum absolute atomic E-state index is 0.201. The van der Waals surface area contributed by atoms with Crippen LogP contribution in [0, 0.1) is 12.9 Å². The number of aryl methyl sites for hydroxylation is 1. The SMILES string of the molecule is Cc1nc(F)c(C(C)(C)C)cc1Br. The molecule has 0 unspecified atom stereocenters. The minimum atomic E-state index is -0.367. The van der Waals surface area contributed by atoms with E-state index in [2.05, 4.69) is 20.9 Å². The maximum absolute atomic E-state index is 13.4. The smallest absolute Gasteiger partial charge is 0.216 e. The Balaban J connectivity index is 3.32. The second-order valence-electron chi connectivity index (χ2n) is 4.14. The van der Waals surface area contributed by atoms with Crippen LogP contribution in [0.4, 0.5) is 4.39 Å². The first-order valence-corrected chi connectivity index (χ1v) is 4.95. The highest BCUT2D eigenvalue weighted by molar-refractivity contribution is 9.10. The van der Waals surface area contributed by atoms with Crippen LogP contribution in [-0.2, 0) is 5.41 Å². The van der Waals surface area contributed by atoms with Crippen molar-refractivity contribution in [1.29, 1.82) is 0 Å². The summed E-state index contributed by atoms with van der Waals surface area (Å²) in [6.45, 7) is 7.68. The molecule has 0 bridgehead atoms. The third-order valence-corrected chi connectivity index (χ3v) is 2.72. The van der Waals surface area contributed by atoms with Crippen molar-refractivity contribution >= 4 is 15.9 Å². The predicted molar refractivity (Wildman–Crippen MR) is 55.3 cm³/mol. The van der Waals surface area contributed by atoms with Crippen LogP contribution in [-0.4, -0.2) is 4.98 Å². The summed E-state index contributed by atoms with van der Waals surface area (Å²) >= 11 is 3.34. The fourth-order valence-electron chi connectivity index (χ4n) is 1.08. The van der Waals surface area contributed by atoms with E-state index in [9.17, 15) is 4.39 Å². The fraction of sp³-hybridized carbons (Fsp3) is 0.500. The van der Waals surface area contributed by atoms with Gasteiger partial charge in [-0.05, 0) is 34.3 Å². The molecule has 1 rings (SSSR count). The Morgan fingerprint density at radius 2 is 1.92 bits per heavy atom. The third-order valence-electron chi connectivity index (χ3n) is 1.91. The number of hydrogen-bond acceptors (Lipinski definition) is 1. The lowest BCUT2D eigenvalue weighted by Crippen LogP contribution is -2.15. The van der Waals surface area contributed by atoms with E-state index in [1.807, 2.05) is 20.8 Å². The first-order valence-electron chi connectivity index (χ1n) is 4.15. The number of pyridine rings is 1. The van der Waals surface area contributed by atoms with E-state index in [0.717, 1.165) is 4.47 Å². The highest BCUT2D eigenvalue weighted by Gasteiger charge is 2.20. The molecule has 0 fully saturated rings. The molecule has 0 aromatic carbocycles. The molecular formula is C10H13BrFN. The standard InChI is InChI=1S/C10H13BrFN/c1-6-8(11)5-7(9(12)13-6)10(2,3)4/h5H,1-4H3. The van der Waals surface area contributed by atoms with E-state index in [4.69, 9.17) is 0 Å². The highest BCUT2D eigenvalue weighted by atomic mass is 79.9. The molecule has 13 heavy (non-hydrogen) atoms. The zero-order chi connectivity index (χ0) is 10.2. The van der Waals surface area contributed by atoms with Gasteiger partial charge in [0.05, 0.1) is 5.69 Å². The van der Waals surface area contributed by atoms with E-state index in [-0.39, 0.29) is 11.4 Å². The van der Waals surface area contributed by atoms with Crippen molar-refractivity contribution in [3.05, 3.63) is 27.7 Å². The van der Waals surface area contributed by atoms with E-state index in [1.165, 1.54) is 0 Å². The molecule has 72 valence electrons. The first kappa shape index (κ1) is 10.6. The molecule has 0 aliphatic rings. The largest absolute Gasteiger partial charge is 0.224 e. The van der Waals surface area contributed by atoms with Gasteiger partial charge < -0.3 is 0 Å². The summed E-state index contributed by atoms with van der Waals surface area (Å²) in [4.78, 5) is 3.83. The van der Waals surface area contributed by atoms with Crippen molar-refractivity contribution < 1.29 is 4.39 Å². The molecule has 1 aromatic heterocycles. The topological polar surface area (TPSA) is 12.9 Å². The van der Waals surface area contributed by atoms with Gasteiger partial charge in [-0.15, -0.1) is 0 Å². The lowest BCUT2D eigenvalue weighted by atomic mass is 9.88. The maximum Gasteiger partial charge on any atom is 0.216 e. The van der Waals surface area contributed by atoms with E-state index < -0.39 is 0 Å². The van der Waals surface area contributed by atoms with Gasteiger partial charge in [-0.1, -0.05) is 20.8 Å². The Labute approximate surface area is 86.5 Å². The number of aromatic nitrogens is 1. The Kier molecular flexibility index (Phi) is 2.76. The molecule has 0 saturated carbocycles. The van der Waals surface area contributed by atoms with Crippen molar-refractivity contribution in [3.8, 4) is 0 Å². The maximum atomic E-state index is 13.4. The van der Waals surface area contributed by atoms with Crippen LogP contribution in [0.1, 0.15) is 32.0 Å². The third kappa shape index (κ3) is 2.27. The Hall–Kier alpha value is -0.440. The van der Waals surface area contributed by atoms with Gasteiger partial charge in [0.15, 0.2) is 0 Å². The second-order valence-corrected chi connectivity index (χ2v) is 5.00. The number of nitrogens with zero attached hydrogens (tertiary/aromatic N) is 1. The molecule has 0 N–H and O–H groups in total. The molecule has 0 saturated heterocycles. The van der Waals surface area contributed by atoms with Gasteiger partial charge in [-0.3, -0.25) is 0 Å². The molecule has 0 aliphatic carbocycles. The number of rotatable bonds is 0. The normalized spacial score (nSPS) is 11.8. The quantitative estimate of drug-likeness (QED) is 0.637. The average Bonchev–Trinajstić information content (AvgIpc) is 1.94. The number of halogens is 2. The van der Waals surface area contributed by atoms with Crippen LogP contribution in [0.3, 0.4) is 0 Å². The Morgan fingerprint density at radius 1 is 1.38 bits per heavy atom. The van der Waals surface area contributed by atoms with Crippen molar-refractivity contribution in [3.63, 3.8) is 0 Å². The average molecular weight is 246 g/mol. The summed E-state index contributed by atoms with van der Waals surface area (Å²) in [5.74, 6) is -0.367. The zero-order valence-electron chi connectivity index (χ0n) is 8.28. The monoisotopic (exact) mass is 245 g/mol. The molecule has 0 amide bonds. The van der Waals surface area contributed by atoms with Gasteiger partial charge >= 0.3 is 0 Å². The summed E-state index contributed by atoms with van der Waals surface area (Å²) in [5, 5.41) is 0. The van der Waals surface area contributed by atoms with Crippen LogP contribution in [0.15, 0.2) is 10.5 Å². The second kappa shape index (κ2) is 3.37. The number of hydrogen-bond donors (Lipinski definition) is 0. The summed E-state index contributed by atoms with van der Waals surface area (Å²) in [6.07, 6.45) is 0. The van der Waals surface area contributed by atoms with Gasteiger partial charge in [-0.25, -0.2) is 4.98 Å². The molecule has 0 atom stereocenters. The molecule has 3 heteroatoms. The van der Waals surface area contributed by atoms with Gasteiger partial charge in [0, 0.05) is 10.0 Å². The summed E-state index contributed by atoms with van der Waals surface area (Å²) in [5.41, 5.74) is 1.13. The van der Waals surface area contributed by atoms with Crippen LogP contribution in [0.2, 0.25) is 0 Å². The zero-order valence-corrected chi connectivity index (χ0v) is 9.87. The van der Waals surface area contributed by atoms with Crippen molar-refractivity contribution in [2.45, 2.75) is 33.1 Å². The van der Waals surface area contributed by atoms with Crippen molar-refractivity contribution in [2.75, 3.05) is 0 Å². The van der Waals surface area contributed by atoms with Gasteiger partial charge in [0.25, 0.3) is 0 Å². The molecule has 0 spiro atoms. The lowest BCUT2D eigenvalue weighted by molar-refractivity contribution is 0.496. The van der Waals surface area contributed by atoms with Crippen molar-refractivity contribution in [1.82, 2.24) is 4.98 Å². The summed E-state index contributed by atoms with van der Waals surface area (Å²) < 4.78 is 14.3. The first-order chi connectivity index (χ1) is 5.82. The molecule has 1 nitrogen and oxygen atoms in total. The lowest BCUT2D eigenvalue weighted by Gasteiger charge is -2.19. The molecule has 0 radical (unpaired) electrons. The van der Waals surface area contributed by atoms with E-state index >= 15 is 0 Å². The van der Waals surface area contributed by atoms with Crippen LogP contribution in [0.5, 0.6) is 0 Å². The molecular weight excluding hydrogens is 233 g/mol. The Bertz CT molecular complexity index is 328. The minimum Gasteiger partial charge on any atom is -0.224 e. The van der Waals surface area contributed by atoms with Crippen molar-refractivity contribution in [2.24, 2.45) is 0 Å². The van der Waals surface area contributed by atoms with E-state index in [0.29, 0.717) is 11.3 Å². The van der Waals surface area contributed by atoms with E-state index in [1.54, 1.807) is 13.0 Å². The molecule has 1 aromatic rings. The van der Waals surface area contributed by atoms with Crippen LogP contribution < -0.4 is 0 Å². The van der Waals surface area contributed by atoms with Gasteiger partial charge in [0.1, 0.15) is 0 Å². The molecule has 0 aliphatic heterocycles. The van der Waals surface area contributed by atoms with Crippen LogP contribution >= 0.6 is 15.9 Å². The predicted octanol–water partition coefficient (Wildman–Crippen LogP) is 3.59. The summed E-state index contributed by atoms with van der Waals surface area (Å²) in [6, 6.07) is 1.80. The fourth-order valence-corrected chi connectivity index (χ4v) is 1.40. The summed E-state index contributed by atoms with van der Waals surface area (Å²) in [7, 11) is 0. The van der Waals surface area contributed by atoms with Crippen LogP contribution in [0.25, 0.3) is 0 Å². The molecule has 1 heterocycles. The van der Waals surface area contributed by atoms with Gasteiger partial charge in [0.2, 0.25) is 5.95 Å². The Morgan fingerprint density at radius 3 is 2.38 bits per heavy atom. The van der Waals surface area contributed by atoms with Gasteiger partial charge in [-0.2, -0.15) is 4.39 Å². The highest BCUT2D eigenvalue weighted by Crippen LogP contribution is 2.27.